The minimum absolute atomic E-state index is 0.171. The molecule has 0 aliphatic carbocycles. The fourth-order valence-electron chi connectivity index (χ4n) is 1.52. The Morgan fingerprint density at radius 3 is 2.94 bits per heavy atom. The second-order valence-corrected chi connectivity index (χ2v) is 4.60. The van der Waals surface area contributed by atoms with Crippen molar-refractivity contribution in [2.75, 3.05) is 5.32 Å². The molecule has 0 radical (unpaired) electrons. The summed E-state index contributed by atoms with van der Waals surface area (Å²) in [5, 5.41) is 19.9. The zero-order valence-electron chi connectivity index (χ0n) is 9.51. The Bertz CT molecular complexity index is 546. The normalized spacial score (nSPS) is 10.5. The van der Waals surface area contributed by atoms with E-state index in [2.05, 4.69) is 10.4 Å². The third-order valence-electron chi connectivity index (χ3n) is 2.32. The summed E-state index contributed by atoms with van der Waals surface area (Å²) in [5.41, 5.74) is 2.77. The van der Waals surface area contributed by atoms with Gasteiger partial charge >= 0.3 is 5.00 Å². The van der Waals surface area contributed by atoms with Crippen molar-refractivity contribution in [3.8, 4) is 0 Å². The summed E-state index contributed by atoms with van der Waals surface area (Å²) < 4.78 is 1.73. The third kappa shape index (κ3) is 2.62. The Balaban J connectivity index is 2.02. The summed E-state index contributed by atoms with van der Waals surface area (Å²) in [6.07, 6.45) is 1.89. The van der Waals surface area contributed by atoms with E-state index in [0.29, 0.717) is 6.54 Å². The lowest BCUT2D eigenvalue weighted by Gasteiger charge is -2.01. The highest BCUT2D eigenvalue weighted by Crippen LogP contribution is 2.23. The summed E-state index contributed by atoms with van der Waals surface area (Å²) >= 11 is 1.14. The van der Waals surface area contributed by atoms with Crippen molar-refractivity contribution in [2.24, 2.45) is 7.05 Å². The van der Waals surface area contributed by atoms with Gasteiger partial charge < -0.3 is 5.32 Å². The predicted molar refractivity (Wildman–Crippen MR) is 66.2 cm³/mol. The van der Waals surface area contributed by atoms with E-state index in [0.717, 1.165) is 28.3 Å². The highest BCUT2D eigenvalue weighted by Gasteiger charge is 2.10. The number of rotatable bonds is 4. The molecule has 90 valence electrons. The number of aromatic nitrogens is 2. The number of thiophene rings is 1. The molecule has 0 fully saturated rings. The average Bonchev–Trinajstić information content (AvgIpc) is 2.82. The van der Waals surface area contributed by atoms with Crippen molar-refractivity contribution in [1.29, 1.82) is 0 Å². The third-order valence-corrected chi connectivity index (χ3v) is 3.25. The smallest absolute Gasteiger partial charge is 0.324 e. The highest BCUT2D eigenvalue weighted by molar-refractivity contribution is 7.13. The Labute approximate surface area is 102 Å². The molecular formula is C10H12N4O2S. The lowest BCUT2D eigenvalue weighted by molar-refractivity contribution is -0.380. The van der Waals surface area contributed by atoms with E-state index in [1.54, 1.807) is 16.1 Å². The first-order valence-electron chi connectivity index (χ1n) is 5.02. The molecule has 0 saturated carbocycles. The van der Waals surface area contributed by atoms with Crippen LogP contribution in [0.5, 0.6) is 0 Å². The SMILES string of the molecule is Cc1nn(C)cc1NCc1csc([N+](=O)[O-])c1. The van der Waals surface area contributed by atoms with E-state index >= 15 is 0 Å². The van der Waals surface area contributed by atoms with Crippen molar-refractivity contribution in [3.05, 3.63) is 39.0 Å². The Kier molecular flexibility index (Phi) is 3.10. The maximum absolute atomic E-state index is 10.5. The molecular weight excluding hydrogens is 240 g/mol. The average molecular weight is 252 g/mol. The summed E-state index contributed by atoms with van der Waals surface area (Å²) in [6, 6.07) is 1.59. The van der Waals surface area contributed by atoms with Gasteiger partial charge in [-0.3, -0.25) is 14.8 Å². The topological polar surface area (TPSA) is 73.0 Å². The molecule has 1 N–H and O–H groups in total. The van der Waals surface area contributed by atoms with Gasteiger partial charge in [-0.1, -0.05) is 11.3 Å². The Morgan fingerprint density at radius 1 is 1.65 bits per heavy atom. The minimum atomic E-state index is -0.372. The maximum atomic E-state index is 10.5. The van der Waals surface area contributed by atoms with Crippen LogP contribution in [0.2, 0.25) is 0 Å². The van der Waals surface area contributed by atoms with Gasteiger partial charge in [0, 0.05) is 31.2 Å². The molecule has 0 amide bonds. The van der Waals surface area contributed by atoms with Gasteiger partial charge in [0.05, 0.1) is 16.3 Å². The lowest BCUT2D eigenvalue weighted by atomic mass is 10.3. The minimum Gasteiger partial charge on any atom is -0.378 e. The molecule has 0 unspecified atom stereocenters. The van der Waals surface area contributed by atoms with Crippen molar-refractivity contribution in [2.45, 2.75) is 13.5 Å². The molecule has 0 atom stereocenters. The van der Waals surface area contributed by atoms with Gasteiger partial charge in [0.25, 0.3) is 0 Å². The summed E-state index contributed by atoms with van der Waals surface area (Å²) in [7, 11) is 1.85. The van der Waals surface area contributed by atoms with Crippen LogP contribution < -0.4 is 5.32 Å². The van der Waals surface area contributed by atoms with Crippen LogP contribution in [0.25, 0.3) is 0 Å². The molecule has 6 nitrogen and oxygen atoms in total. The van der Waals surface area contributed by atoms with Crippen LogP contribution in [0.3, 0.4) is 0 Å². The summed E-state index contributed by atoms with van der Waals surface area (Å²) in [4.78, 5) is 10.2. The number of nitro groups is 1. The van der Waals surface area contributed by atoms with E-state index in [-0.39, 0.29) is 9.92 Å². The van der Waals surface area contributed by atoms with Crippen LogP contribution >= 0.6 is 11.3 Å². The molecule has 0 saturated heterocycles. The number of hydrogen-bond donors (Lipinski definition) is 1. The van der Waals surface area contributed by atoms with Gasteiger partial charge in [-0.15, -0.1) is 0 Å². The molecule has 7 heteroatoms. The second-order valence-electron chi connectivity index (χ2n) is 3.71. The van der Waals surface area contributed by atoms with Gasteiger partial charge in [-0.05, 0) is 12.5 Å². The molecule has 2 rings (SSSR count). The van der Waals surface area contributed by atoms with E-state index in [4.69, 9.17) is 0 Å². The number of nitrogens with one attached hydrogen (secondary N) is 1. The predicted octanol–water partition coefficient (Wildman–Crippen LogP) is 2.31. The van der Waals surface area contributed by atoms with Crippen molar-refractivity contribution < 1.29 is 4.92 Å². The second kappa shape index (κ2) is 4.54. The van der Waals surface area contributed by atoms with E-state index in [1.165, 1.54) is 0 Å². The van der Waals surface area contributed by atoms with Crippen LogP contribution in [0.1, 0.15) is 11.3 Å². The molecule has 17 heavy (non-hydrogen) atoms. The molecule has 2 aromatic heterocycles. The van der Waals surface area contributed by atoms with Gasteiger partial charge in [-0.2, -0.15) is 5.10 Å². The Morgan fingerprint density at radius 2 is 2.41 bits per heavy atom. The number of nitrogens with zero attached hydrogens (tertiary/aromatic N) is 3. The first-order chi connectivity index (χ1) is 8.06. The van der Waals surface area contributed by atoms with E-state index in [1.807, 2.05) is 20.2 Å². The van der Waals surface area contributed by atoms with Crippen LogP contribution in [0.15, 0.2) is 17.6 Å². The lowest BCUT2D eigenvalue weighted by Crippen LogP contribution is -1.98. The van der Waals surface area contributed by atoms with Crippen molar-refractivity contribution >= 4 is 22.0 Å². The standard InChI is InChI=1S/C10H12N4O2S/c1-7-9(5-13(2)12-7)11-4-8-3-10(14(15)16)17-6-8/h3,5-6,11H,4H2,1-2H3. The van der Waals surface area contributed by atoms with Crippen LogP contribution in [-0.4, -0.2) is 14.7 Å². The number of anilines is 1. The Hall–Kier alpha value is -1.89. The molecule has 0 spiro atoms. The van der Waals surface area contributed by atoms with E-state index < -0.39 is 0 Å². The highest BCUT2D eigenvalue weighted by atomic mass is 32.1. The van der Waals surface area contributed by atoms with Crippen LogP contribution in [0.4, 0.5) is 10.7 Å². The molecule has 0 aliphatic heterocycles. The fourth-order valence-corrected chi connectivity index (χ4v) is 2.25. The monoisotopic (exact) mass is 252 g/mol. The van der Waals surface area contributed by atoms with Gasteiger partial charge in [0.15, 0.2) is 0 Å². The number of aryl methyl sites for hydroxylation is 2. The number of hydrogen-bond acceptors (Lipinski definition) is 5. The first kappa shape index (κ1) is 11.6. The molecule has 0 aliphatic rings. The zero-order valence-corrected chi connectivity index (χ0v) is 10.3. The largest absolute Gasteiger partial charge is 0.378 e. The zero-order chi connectivity index (χ0) is 12.4. The fraction of sp³-hybridized carbons (Fsp3) is 0.300. The van der Waals surface area contributed by atoms with Crippen molar-refractivity contribution in [1.82, 2.24) is 9.78 Å². The van der Waals surface area contributed by atoms with Crippen LogP contribution in [-0.2, 0) is 13.6 Å². The molecule has 2 heterocycles. The maximum Gasteiger partial charge on any atom is 0.324 e. The van der Waals surface area contributed by atoms with Crippen LogP contribution in [0, 0.1) is 17.0 Å². The van der Waals surface area contributed by atoms with Gasteiger partial charge in [0.2, 0.25) is 0 Å². The molecule has 2 aromatic rings. The molecule has 0 bridgehead atoms. The molecule has 0 aromatic carbocycles. The summed E-state index contributed by atoms with van der Waals surface area (Å²) in [5.74, 6) is 0. The van der Waals surface area contributed by atoms with E-state index in [9.17, 15) is 10.1 Å². The first-order valence-corrected chi connectivity index (χ1v) is 5.90. The summed E-state index contributed by atoms with van der Waals surface area (Å²) in [6.45, 7) is 2.48. The van der Waals surface area contributed by atoms with Gasteiger partial charge in [0.1, 0.15) is 0 Å². The van der Waals surface area contributed by atoms with Gasteiger partial charge in [-0.25, -0.2) is 0 Å². The quantitative estimate of drug-likeness (QED) is 0.669. The van der Waals surface area contributed by atoms with Crippen molar-refractivity contribution in [3.63, 3.8) is 0 Å².